The van der Waals surface area contributed by atoms with Crippen LogP contribution in [0.5, 0.6) is 5.75 Å². The summed E-state index contributed by atoms with van der Waals surface area (Å²) in [5, 5.41) is 3.15. The largest absolute Gasteiger partial charge is 0.495 e. The minimum atomic E-state index is -3.90. The van der Waals surface area contributed by atoms with E-state index in [-0.39, 0.29) is 29.8 Å². The Morgan fingerprint density at radius 2 is 1.77 bits per heavy atom. The fourth-order valence-electron chi connectivity index (χ4n) is 3.46. The number of amides is 2. The third kappa shape index (κ3) is 7.86. The van der Waals surface area contributed by atoms with Crippen LogP contribution in [0.1, 0.15) is 31.9 Å². The lowest BCUT2D eigenvalue weighted by molar-refractivity contribution is -0.139. The Bertz CT molecular complexity index is 1150. The van der Waals surface area contributed by atoms with E-state index in [0.29, 0.717) is 11.6 Å². The predicted molar refractivity (Wildman–Crippen MR) is 139 cm³/mol. The maximum atomic E-state index is 13.6. The fourth-order valence-corrected chi connectivity index (χ4v) is 4.47. The molecule has 2 amide bonds. The summed E-state index contributed by atoms with van der Waals surface area (Å²) >= 11 is 6.12. The standard InChI is InChI=1S/C25H34ClN3O5S/c1-17(2)14-27-25(31)19(4)28(15-20-10-8-7-9-18(20)3)24(30)16-29(35(6,32)33)22-13-21(26)11-12-23(22)34-5/h7-13,17,19H,14-16H2,1-6H3,(H,27,31)/t19-/m1/s1. The molecule has 1 N–H and O–H groups in total. The minimum absolute atomic E-state index is 0.142. The van der Waals surface area contributed by atoms with Crippen molar-refractivity contribution in [1.82, 2.24) is 10.2 Å². The second kappa shape index (κ2) is 12.3. The summed E-state index contributed by atoms with van der Waals surface area (Å²) in [5.74, 6) is -0.358. The molecule has 0 spiro atoms. The first kappa shape index (κ1) is 28.5. The molecule has 10 heteroatoms. The average Bonchev–Trinajstić information content (AvgIpc) is 2.79. The molecule has 0 aliphatic carbocycles. The molecule has 192 valence electrons. The van der Waals surface area contributed by atoms with E-state index in [4.69, 9.17) is 16.3 Å². The maximum Gasteiger partial charge on any atom is 0.244 e. The Morgan fingerprint density at radius 1 is 1.11 bits per heavy atom. The van der Waals surface area contributed by atoms with Crippen LogP contribution >= 0.6 is 11.6 Å². The normalized spacial score (nSPS) is 12.2. The Morgan fingerprint density at radius 3 is 2.34 bits per heavy atom. The lowest BCUT2D eigenvalue weighted by Crippen LogP contribution is -2.51. The monoisotopic (exact) mass is 523 g/mol. The Labute approximate surface area is 213 Å². The zero-order valence-corrected chi connectivity index (χ0v) is 22.6. The van der Waals surface area contributed by atoms with Crippen molar-refractivity contribution in [3.63, 3.8) is 0 Å². The summed E-state index contributed by atoms with van der Waals surface area (Å²) < 4.78 is 31.7. The summed E-state index contributed by atoms with van der Waals surface area (Å²) in [6.07, 6.45) is 1.01. The van der Waals surface area contributed by atoms with Gasteiger partial charge in [-0.2, -0.15) is 0 Å². The number of rotatable bonds is 11. The number of hydrogen-bond acceptors (Lipinski definition) is 5. The summed E-state index contributed by atoms with van der Waals surface area (Å²) in [7, 11) is -2.49. The number of benzene rings is 2. The van der Waals surface area contributed by atoms with Crippen LogP contribution in [0.4, 0.5) is 5.69 Å². The third-order valence-electron chi connectivity index (χ3n) is 5.54. The number of methoxy groups -OCH3 is 1. The summed E-state index contributed by atoms with van der Waals surface area (Å²) in [4.78, 5) is 27.9. The van der Waals surface area contributed by atoms with E-state index in [9.17, 15) is 18.0 Å². The van der Waals surface area contributed by atoms with E-state index < -0.39 is 28.5 Å². The van der Waals surface area contributed by atoms with Crippen LogP contribution in [0.2, 0.25) is 5.02 Å². The first-order valence-electron chi connectivity index (χ1n) is 11.3. The summed E-state index contributed by atoms with van der Waals surface area (Å²) in [6, 6.07) is 11.2. The maximum absolute atomic E-state index is 13.6. The lowest BCUT2D eigenvalue weighted by atomic mass is 10.1. The fraction of sp³-hybridized carbons (Fsp3) is 0.440. The Balaban J connectivity index is 2.45. The van der Waals surface area contributed by atoms with E-state index in [1.165, 1.54) is 24.1 Å². The lowest BCUT2D eigenvalue weighted by Gasteiger charge is -2.32. The second-order valence-corrected chi connectivity index (χ2v) is 11.2. The Kier molecular flexibility index (Phi) is 9.97. The highest BCUT2D eigenvalue weighted by atomic mass is 35.5. The van der Waals surface area contributed by atoms with Crippen molar-refractivity contribution in [1.29, 1.82) is 0 Å². The molecule has 0 bridgehead atoms. The number of carbonyl (C=O) groups is 2. The first-order valence-corrected chi connectivity index (χ1v) is 13.5. The number of aryl methyl sites for hydroxylation is 1. The second-order valence-electron chi connectivity index (χ2n) is 8.85. The molecule has 1 atom stereocenters. The molecule has 0 saturated carbocycles. The predicted octanol–water partition coefficient (Wildman–Crippen LogP) is 3.61. The number of anilines is 1. The van der Waals surface area contributed by atoms with E-state index in [2.05, 4.69) is 5.32 Å². The van der Waals surface area contributed by atoms with Crippen molar-refractivity contribution in [2.45, 2.75) is 40.3 Å². The van der Waals surface area contributed by atoms with Crippen molar-refractivity contribution in [3.8, 4) is 5.75 Å². The molecule has 35 heavy (non-hydrogen) atoms. The van der Waals surface area contributed by atoms with Crippen LogP contribution in [0, 0.1) is 12.8 Å². The van der Waals surface area contributed by atoms with Gasteiger partial charge in [0.15, 0.2) is 0 Å². The molecule has 2 rings (SSSR count). The van der Waals surface area contributed by atoms with Crippen LogP contribution < -0.4 is 14.4 Å². The van der Waals surface area contributed by atoms with Gasteiger partial charge in [0, 0.05) is 18.1 Å². The molecule has 2 aromatic rings. The molecule has 0 aromatic heterocycles. The highest BCUT2D eigenvalue weighted by molar-refractivity contribution is 7.92. The van der Waals surface area contributed by atoms with Crippen LogP contribution in [0.25, 0.3) is 0 Å². The van der Waals surface area contributed by atoms with E-state index in [0.717, 1.165) is 21.7 Å². The Hall–Kier alpha value is -2.78. The molecule has 0 saturated heterocycles. The minimum Gasteiger partial charge on any atom is -0.495 e. The van der Waals surface area contributed by atoms with E-state index in [1.807, 2.05) is 45.0 Å². The average molecular weight is 524 g/mol. The number of sulfonamides is 1. The third-order valence-corrected chi connectivity index (χ3v) is 6.90. The molecule has 0 fully saturated rings. The highest BCUT2D eigenvalue weighted by Gasteiger charge is 2.31. The van der Waals surface area contributed by atoms with Gasteiger partial charge in [0.05, 0.1) is 19.1 Å². The van der Waals surface area contributed by atoms with Gasteiger partial charge in [0.1, 0.15) is 18.3 Å². The highest BCUT2D eigenvalue weighted by Crippen LogP contribution is 2.33. The van der Waals surface area contributed by atoms with Gasteiger partial charge in [0.2, 0.25) is 21.8 Å². The number of hydrogen-bond donors (Lipinski definition) is 1. The van der Waals surface area contributed by atoms with Crippen molar-refractivity contribution in [2.75, 3.05) is 30.8 Å². The van der Waals surface area contributed by atoms with Crippen LogP contribution in [0.15, 0.2) is 42.5 Å². The molecule has 8 nitrogen and oxygen atoms in total. The first-order chi connectivity index (χ1) is 16.3. The van der Waals surface area contributed by atoms with Crippen LogP contribution in [0.3, 0.4) is 0 Å². The molecular formula is C25H34ClN3O5S. The van der Waals surface area contributed by atoms with Gasteiger partial charge in [-0.1, -0.05) is 49.7 Å². The van der Waals surface area contributed by atoms with Crippen LogP contribution in [-0.4, -0.2) is 57.6 Å². The zero-order valence-electron chi connectivity index (χ0n) is 21.0. The number of nitrogens with one attached hydrogen (secondary N) is 1. The van der Waals surface area contributed by atoms with E-state index in [1.54, 1.807) is 13.0 Å². The number of halogens is 1. The smallest absolute Gasteiger partial charge is 0.244 e. The molecular weight excluding hydrogens is 490 g/mol. The topological polar surface area (TPSA) is 96.0 Å². The number of carbonyl (C=O) groups excluding carboxylic acids is 2. The number of nitrogens with zero attached hydrogens (tertiary/aromatic N) is 2. The molecule has 0 aliphatic rings. The van der Waals surface area contributed by atoms with Gasteiger partial charge in [0.25, 0.3) is 0 Å². The van der Waals surface area contributed by atoms with Gasteiger partial charge in [-0.15, -0.1) is 0 Å². The van der Waals surface area contributed by atoms with Gasteiger partial charge in [-0.3, -0.25) is 13.9 Å². The van der Waals surface area contributed by atoms with Crippen molar-refractivity contribution >= 4 is 39.1 Å². The zero-order chi connectivity index (χ0) is 26.3. The molecule has 0 heterocycles. The van der Waals surface area contributed by atoms with Crippen molar-refractivity contribution in [3.05, 3.63) is 58.6 Å². The molecule has 2 aromatic carbocycles. The van der Waals surface area contributed by atoms with Gasteiger partial charge in [-0.05, 0) is 49.1 Å². The molecule has 0 radical (unpaired) electrons. The van der Waals surface area contributed by atoms with E-state index >= 15 is 0 Å². The van der Waals surface area contributed by atoms with Gasteiger partial charge < -0.3 is 15.0 Å². The SMILES string of the molecule is COc1ccc(Cl)cc1N(CC(=O)N(Cc1ccccc1C)[C@H](C)C(=O)NCC(C)C)S(C)(=O)=O. The van der Waals surface area contributed by atoms with Crippen molar-refractivity contribution in [2.24, 2.45) is 5.92 Å². The van der Waals surface area contributed by atoms with Crippen LogP contribution in [-0.2, 0) is 26.2 Å². The molecule has 0 aliphatic heterocycles. The van der Waals surface area contributed by atoms with Gasteiger partial charge in [-0.25, -0.2) is 8.42 Å². The quantitative estimate of drug-likeness (QED) is 0.485. The van der Waals surface area contributed by atoms with Crippen molar-refractivity contribution < 1.29 is 22.7 Å². The number of ether oxygens (including phenoxy) is 1. The van der Waals surface area contributed by atoms with Gasteiger partial charge >= 0.3 is 0 Å². The molecule has 0 unspecified atom stereocenters. The summed E-state index contributed by atoms with van der Waals surface area (Å²) in [5.41, 5.74) is 1.95. The summed E-state index contributed by atoms with van der Waals surface area (Å²) in [6.45, 7) is 7.59.